The molecule has 0 aliphatic carbocycles. The lowest BCUT2D eigenvalue weighted by molar-refractivity contribution is -0.385. The summed E-state index contributed by atoms with van der Waals surface area (Å²) >= 11 is 5.63. The Balaban J connectivity index is 2.64. The van der Waals surface area contributed by atoms with Crippen LogP contribution in [0.1, 0.15) is 6.92 Å². The summed E-state index contributed by atoms with van der Waals surface area (Å²) in [4.78, 5) is 20.6. The first-order valence-electron chi connectivity index (χ1n) is 4.71. The Bertz CT molecular complexity index is 435. The van der Waals surface area contributed by atoms with Crippen LogP contribution in [0.25, 0.3) is 0 Å². The largest absolute Gasteiger partial charge is 0.483 e. The van der Waals surface area contributed by atoms with Crippen molar-refractivity contribution in [2.75, 3.05) is 13.2 Å². The molecule has 0 fully saturated rings. The molecule has 92 valence electrons. The van der Waals surface area contributed by atoms with Gasteiger partial charge in [0.15, 0.2) is 5.75 Å². The highest BCUT2D eigenvalue weighted by atomic mass is 35.5. The molecule has 0 radical (unpaired) electrons. The van der Waals surface area contributed by atoms with E-state index in [0.717, 1.165) is 0 Å². The third kappa shape index (κ3) is 4.28. The lowest BCUT2D eigenvalue weighted by Gasteiger charge is -2.06. The highest BCUT2D eigenvalue weighted by molar-refractivity contribution is 6.30. The van der Waals surface area contributed by atoms with Crippen molar-refractivity contribution in [1.82, 2.24) is 0 Å². The maximum atomic E-state index is 10.7. The van der Waals surface area contributed by atoms with Crippen LogP contribution in [-0.4, -0.2) is 24.1 Å². The average Bonchev–Trinajstić information content (AvgIpc) is 2.25. The minimum Gasteiger partial charge on any atom is -0.483 e. The van der Waals surface area contributed by atoms with Crippen LogP contribution < -0.4 is 4.74 Å². The van der Waals surface area contributed by atoms with Gasteiger partial charge in [0.1, 0.15) is 13.2 Å². The molecular weight excluding hydrogens is 250 g/mol. The molecule has 1 rings (SSSR count). The predicted molar refractivity (Wildman–Crippen MR) is 60.2 cm³/mol. The van der Waals surface area contributed by atoms with Crippen molar-refractivity contribution in [3.63, 3.8) is 0 Å². The normalized spacial score (nSPS) is 9.76. The predicted octanol–water partition coefficient (Wildman–Crippen LogP) is 2.19. The maximum absolute atomic E-state index is 10.7. The molecule has 0 saturated carbocycles. The fraction of sp³-hybridized carbons (Fsp3) is 0.300. The number of esters is 1. The van der Waals surface area contributed by atoms with Gasteiger partial charge >= 0.3 is 11.7 Å². The third-order valence-corrected chi connectivity index (χ3v) is 2.00. The van der Waals surface area contributed by atoms with Gasteiger partial charge < -0.3 is 9.47 Å². The summed E-state index contributed by atoms with van der Waals surface area (Å²) in [6.45, 7) is 1.35. The van der Waals surface area contributed by atoms with Crippen LogP contribution in [0.2, 0.25) is 5.02 Å². The van der Waals surface area contributed by atoms with Gasteiger partial charge in [-0.15, -0.1) is 0 Å². The molecule has 0 amide bonds. The molecule has 1 aromatic carbocycles. The monoisotopic (exact) mass is 259 g/mol. The van der Waals surface area contributed by atoms with Crippen molar-refractivity contribution < 1.29 is 19.2 Å². The summed E-state index contributed by atoms with van der Waals surface area (Å²) in [5, 5.41) is 11.0. The van der Waals surface area contributed by atoms with Crippen LogP contribution in [-0.2, 0) is 9.53 Å². The van der Waals surface area contributed by atoms with Gasteiger partial charge in [-0.1, -0.05) is 11.6 Å². The molecule has 0 heterocycles. The topological polar surface area (TPSA) is 78.7 Å². The number of rotatable bonds is 5. The fourth-order valence-corrected chi connectivity index (χ4v) is 1.26. The summed E-state index contributed by atoms with van der Waals surface area (Å²) in [5.41, 5.74) is -0.222. The SMILES string of the molecule is CC(=O)OCCOc1ccc(Cl)cc1[N+](=O)[O-]. The molecule has 0 aliphatic heterocycles. The molecule has 0 spiro atoms. The number of nitro benzene ring substituents is 1. The molecule has 0 N–H and O–H groups in total. The van der Waals surface area contributed by atoms with Gasteiger partial charge in [-0.05, 0) is 12.1 Å². The number of benzene rings is 1. The van der Waals surface area contributed by atoms with Crippen LogP contribution in [0.15, 0.2) is 18.2 Å². The zero-order chi connectivity index (χ0) is 12.8. The fourth-order valence-electron chi connectivity index (χ4n) is 1.09. The smallest absolute Gasteiger partial charge is 0.312 e. The van der Waals surface area contributed by atoms with E-state index in [-0.39, 0.29) is 29.7 Å². The molecular formula is C10H10ClNO5. The van der Waals surface area contributed by atoms with Gasteiger partial charge in [-0.25, -0.2) is 0 Å². The number of carbonyl (C=O) groups is 1. The number of nitrogens with zero attached hydrogens (tertiary/aromatic N) is 1. The van der Waals surface area contributed by atoms with Gasteiger partial charge in [0.25, 0.3) is 0 Å². The number of halogens is 1. The van der Waals surface area contributed by atoms with Crippen LogP contribution in [0.5, 0.6) is 5.75 Å². The zero-order valence-electron chi connectivity index (χ0n) is 9.01. The van der Waals surface area contributed by atoms with Crippen molar-refractivity contribution in [1.29, 1.82) is 0 Å². The highest BCUT2D eigenvalue weighted by Gasteiger charge is 2.15. The molecule has 0 aromatic heterocycles. The Morgan fingerprint density at radius 2 is 2.18 bits per heavy atom. The van der Waals surface area contributed by atoms with Gasteiger partial charge in [0, 0.05) is 18.0 Å². The van der Waals surface area contributed by atoms with Crippen molar-refractivity contribution in [2.24, 2.45) is 0 Å². The molecule has 1 aromatic rings. The highest BCUT2D eigenvalue weighted by Crippen LogP contribution is 2.29. The van der Waals surface area contributed by atoms with E-state index in [2.05, 4.69) is 4.74 Å². The Labute approximate surface area is 102 Å². The third-order valence-electron chi connectivity index (χ3n) is 1.76. The lowest BCUT2D eigenvalue weighted by Crippen LogP contribution is -2.10. The van der Waals surface area contributed by atoms with E-state index in [4.69, 9.17) is 16.3 Å². The summed E-state index contributed by atoms with van der Waals surface area (Å²) in [5.74, 6) is -0.342. The first-order valence-corrected chi connectivity index (χ1v) is 5.08. The van der Waals surface area contributed by atoms with Crippen molar-refractivity contribution in [3.8, 4) is 5.75 Å². The summed E-state index contributed by atoms with van der Waals surface area (Å²) in [6.07, 6.45) is 0. The lowest BCUT2D eigenvalue weighted by atomic mass is 10.3. The van der Waals surface area contributed by atoms with Gasteiger partial charge in [-0.2, -0.15) is 0 Å². The van der Waals surface area contributed by atoms with Gasteiger partial charge in [0.2, 0.25) is 0 Å². The molecule has 0 aliphatic rings. The minimum absolute atomic E-state index is 0.0368. The Hall–Kier alpha value is -1.82. The number of carbonyl (C=O) groups excluding carboxylic acids is 1. The Morgan fingerprint density at radius 1 is 1.47 bits per heavy atom. The van der Waals surface area contributed by atoms with Gasteiger partial charge in [-0.3, -0.25) is 14.9 Å². The quantitative estimate of drug-likeness (QED) is 0.350. The molecule has 17 heavy (non-hydrogen) atoms. The van der Waals surface area contributed by atoms with E-state index in [9.17, 15) is 14.9 Å². The first-order chi connectivity index (χ1) is 8.00. The van der Waals surface area contributed by atoms with Crippen molar-refractivity contribution >= 4 is 23.3 Å². The van der Waals surface area contributed by atoms with Crippen molar-refractivity contribution in [2.45, 2.75) is 6.92 Å². The summed E-state index contributed by atoms with van der Waals surface area (Å²) < 4.78 is 9.75. The van der Waals surface area contributed by atoms with Crippen LogP contribution in [0.4, 0.5) is 5.69 Å². The van der Waals surface area contributed by atoms with Crippen LogP contribution in [0, 0.1) is 10.1 Å². The van der Waals surface area contributed by atoms with E-state index in [1.807, 2.05) is 0 Å². The van der Waals surface area contributed by atoms with E-state index in [1.54, 1.807) is 0 Å². The zero-order valence-corrected chi connectivity index (χ0v) is 9.77. The summed E-state index contributed by atoms with van der Waals surface area (Å²) in [7, 11) is 0. The van der Waals surface area contributed by atoms with Crippen LogP contribution in [0.3, 0.4) is 0 Å². The average molecular weight is 260 g/mol. The molecule has 6 nitrogen and oxygen atoms in total. The molecule has 0 atom stereocenters. The Morgan fingerprint density at radius 3 is 2.76 bits per heavy atom. The minimum atomic E-state index is -0.590. The second kappa shape index (κ2) is 6.05. The Kier molecular flexibility index (Phi) is 4.71. The molecule has 0 bridgehead atoms. The number of hydrogen-bond acceptors (Lipinski definition) is 5. The van der Waals surface area contributed by atoms with Crippen molar-refractivity contribution in [3.05, 3.63) is 33.3 Å². The van der Waals surface area contributed by atoms with E-state index in [1.165, 1.54) is 25.1 Å². The second-order valence-electron chi connectivity index (χ2n) is 3.06. The van der Waals surface area contributed by atoms with Gasteiger partial charge in [0.05, 0.1) is 4.92 Å². The molecule has 0 saturated heterocycles. The first kappa shape index (κ1) is 13.2. The molecule has 7 heteroatoms. The number of ether oxygens (including phenoxy) is 2. The standard InChI is InChI=1S/C10H10ClNO5/c1-7(13)16-4-5-17-10-3-2-8(11)6-9(10)12(14)15/h2-3,6H,4-5H2,1H3. The van der Waals surface area contributed by atoms with E-state index >= 15 is 0 Å². The number of nitro groups is 1. The van der Waals surface area contributed by atoms with Crippen LogP contribution >= 0.6 is 11.6 Å². The second-order valence-corrected chi connectivity index (χ2v) is 3.49. The maximum Gasteiger partial charge on any atom is 0.312 e. The van der Waals surface area contributed by atoms with E-state index < -0.39 is 10.9 Å². The molecule has 0 unspecified atom stereocenters. The van der Waals surface area contributed by atoms with E-state index in [0.29, 0.717) is 0 Å². The number of hydrogen-bond donors (Lipinski definition) is 0. The summed E-state index contributed by atoms with van der Waals surface area (Å²) in [6, 6.07) is 4.08.